The Hall–Kier alpha value is -0.0800. The Morgan fingerprint density at radius 1 is 1.11 bits per heavy atom. The third-order valence-corrected chi connectivity index (χ3v) is 4.73. The molecule has 19 heavy (non-hydrogen) atoms. The van der Waals surface area contributed by atoms with Gasteiger partial charge in [0.2, 0.25) is 0 Å². The van der Waals surface area contributed by atoms with Gasteiger partial charge < -0.3 is 10.2 Å². The molecule has 1 saturated carbocycles. The van der Waals surface area contributed by atoms with Crippen molar-refractivity contribution in [3.63, 3.8) is 0 Å². The average Bonchev–Trinajstić information content (AvgIpc) is 2.81. The lowest BCUT2D eigenvalue weighted by atomic mass is 9.78. The van der Waals surface area contributed by atoms with E-state index >= 15 is 0 Å². The second-order valence-electron chi connectivity index (χ2n) is 6.86. The standard InChI is InChI=1S/C17H36N2/c1-5-19(6-2)13-9-12-18-15-17(14-16(3)4)10-7-8-11-17/h16,18H,5-15H2,1-4H3. The summed E-state index contributed by atoms with van der Waals surface area (Å²) < 4.78 is 0. The van der Waals surface area contributed by atoms with E-state index in [4.69, 9.17) is 0 Å². The molecule has 0 saturated heterocycles. The van der Waals surface area contributed by atoms with E-state index in [0.29, 0.717) is 5.41 Å². The molecule has 1 rings (SSSR count). The van der Waals surface area contributed by atoms with Crippen LogP contribution in [-0.4, -0.2) is 37.6 Å². The van der Waals surface area contributed by atoms with Gasteiger partial charge in [-0.1, -0.05) is 40.5 Å². The van der Waals surface area contributed by atoms with Crippen molar-refractivity contribution in [3.8, 4) is 0 Å². The van der Waals surface area contributed by atoms with Gasteiger partial charge in [-0.05, 0) is 63.2 Å². The van der Waals surface area contributed by atoms with Gasteiger partial charge in [0, 0.05) is 6.54 Å². The first-order chi connectivity index (χ1) is 9.12. The van der Waals surface area contributed by atoms with E-state index < -0.39 is 0 Å². The first-order valence-corrected chi connectivity index (χ1v) is 8.55. The highest BCUT2D eigenvalue weighted by molar-refractivity contribution is 4.87. The van der Waals surface area contributed by atoms with Crippen LogP contribution in [0, 0.1) is 11.3 Å². The zero-order valence-electron chi connectivity index (χ0n) is 13.8. The summed E-state index contributed by atoms with van der Waals surface area (Å²) in [5.74, 6) is 0.843. The lowest BCUT2D eigenvalue weighted by Gasteiger charge is -2.31. The van der Waals surface area contributed by atoms with Crippen molar-refractivity contribution in [1.82, 2.24) is 10.2 Å². The lowest BCUT2D eigenvalue weighted by molar-refractivity contribution is 0.221. The Morgan fingerprint density at radius 2 is 1.74 bits per heavy atom. The Balaban J connectivity index is 2.18. The number of hydrogen-bond donors (Lipinski definition) is 1. The van der Waals surface area contributed by atoms with E-state index in [0.717, 1.165) is 5.92 Å². The van der Waals surface area contributed by atoms with Crippen LogP contribution in [0.25, 0.3) is 0 Å². The maximum absolute atomic E-state index is 3.75. The quantitative estimate of drug-likeness (QED) is 0.604. The third-order valence-electron chi connectivity index (χ3n) is 4.73. The maximum Gasteiger partial charge on any atom is 0.000791 e. The second kappa shape index (κ2) is 8.97. The molecule has 1 aliphatic rings. The highest BCUT2D eigenvalue weighted by Crippen LogP contribution is 2.42. The van der Waals surface area contributed by atoms with E-state index in [9.17, 15) is 0 Å². The van der Waals surface area contributed by atoms with Gasteiger partial charge in [0.05, 0.1) is 0 Å². The fraction of sp³-hybridized carbons (Fsp3) is 1.00. The summed E-state index contributed by atoms with van der Waals surface area (Å²) in [7, 11) is 0. The van der Waals surface area contributed by atoms with Crippen molar-refractivity contribution in [2.24, 2.45) is 11.3 Å². The summed E-state index contributed by atoms with van der Waals surface area (Å²) in [5, 5.41) is 3.75. The number of nitrogens with zero attached hydrogens (tertiary/aromatic N) is 1. The van der Waals surface area contributed by atoms with Crippen LogP contribution in [0.5, 0.6) is 0 Å². The van der Waals surface area contributed by atoms with E-state index in [-0.39, 0.29) is 0 Å². The minimum atomic E-state index is 0.628. The van der Waals surface area contributed by atoms with Crippen LogP contribution in [0.4, 0.5) is 0 Å². The molecule has 1 fully saturated rings. The Morgan fingerprint density at radius 3 is 2.26 bits per heavy atom. The molecule has 0 bridgehead atoms. The van der Waals surface area contributed by atoms with Crippen LogP contribution in [0.3, 0.4) is 0 Å². The second-order valence-corrected chi connectivity index (χ2v) is 6.86. The highest BCUT2D eigenvalue weighted by Gasteiger charge is 2.33. The van der Waals surface area contributed by atoms with Gasteiger partial charge in [-0.25, -0.2) is 0 Å². The third kappa shape index (κ3) is 6.27. The average molecular weight is 268 g/mol. The molecular weight excluding hydrogens is 232 g/mol. The predicted molar refractivity (Wildman–Crippen MR) is 85.6 cm³/mol. The Kier molecular flexibility index (Phi) is 8.01. The van der Waals surface area contributed by atoms with E-state index in [2.05, 4.69) is 37.9 Å². The van der Waals surface area contributed by atoms with Gasteiger partial charge in [0.25, 0.3) is 0 Å². The van der Waals surface area contributed by atoms with Gasteiger partial charge in [-0.2, -0.15) is 0 Å². The molecular formula is C17H36N2. The van der Waals surface area contributed by atoms with Crippen LogP contribution in [0.2, 0.25) is 0 Å². The molecule has 0 amide bonds. The molecule has 0 aromatic carbocycles. The van der Waals surface area contributed by atoms with Crippen molar-refractivity contribution >= 4 is 0 Å². The fourth-order valence-electron chi connectivity index (χ4n) is 3.77. The first-order valence-electron chi connectivity index (χ1n) is 8.55. The summed E-state index contributed by atoms with van der Waals surface area (Å²) in [6, 6.07) is 0. The smallest absolute Gasteiger partial charge is 0.000791 e. The van der Waals surface area contributed by atoms with Crippen LogP contribution >= 0.6 is 0 Å². The summed E-state index contributed by atoms with van der Waals surface area (Å²) >= 11 is 0. The van der Waals surface area contributed by atoms with Gasteiger partial charge >= 0.3 is 0 Å². The van der Waals surface area contributed by atoms with E-state index in [1.807, 2.05) is 0 Å². The molecule has 2 nitrogen and oxygen atoms in total. The largest absolute Gasteiger partial charge is 0.316 e. The van der Waals surface area contributed by atoms with Gasteiger partial charge in [0.15, 0.2) is 0 Å². The molecule has 1 N–H and O–H groups in total. The Bertz CT molecular complexity index is 215. The molecule has 0 unspecified atom stereocenters. The molecule has 114 valence electrons. The van der Waals surface area contributed by atoms with Crippen molar-refractivity contribution in [2.45, 2.75) is 66.2 Å². The molecule has 0 aromatic heterocycles. The maximum atomic E-state index is 3.75. The van der Waals surface area contributed by atoms with Crippen LogP contribution in [-0.2, 0) is 0 Å². The van der Waals surface area contributed by atoms with Gasteiger partial charge in [-0.15, -0.1) is 0 Å². The SMILES string of the molecule is CCN(CC)CCCNCC1(CC(C)C)CCCC1. The van der Waals surface area contributed by atoms with Crippen LogP contribution in [0.15, 0.2) is 0 Å². The molecule has 0 spiro atoms. The molecule has 0 heterocycles. The lowest BCUT2D eigenvalue weighted by Crippen LogP contribution is -2.35. The normalized spacial score (nSPS) is 18.6. The highest BCUT2D eigenvalue weighted by atomic mass is 15.1. The summed E-state index contributed by atoms with van der Waals surface area (Å²) in [6.45, 7) is 15.3. The van der Waals surface area contributed by atoms with Crippen molar-refractivity contribution < 1.29 is 0 Å². The number of nitrogens with one attached hydrogen (secondary N) is 1. The van der Waals surface area contributed by atoms with Gasteiger partial charge in [-0.3, -0.25) is 0 Å². The Labute approximate surface area is 121 Å². The summed E-state index contributed by atoms with van der Waals surface area (Å²) in [5.41, 5.74) is 0.628. The molecule has 0 aliphatic heterocycles. The zero-order valence-corrected chi connectivity index (χ0v) is 13.8. The molecule has 1 aliphatic carbocycles. The summed E-state index contributed by atoms with van der Waals surface area (Å²) in [6.07, 6.45) is 8.51. The first kappa shape index (κ1) is 17.0. The zero-order chi connectivity index (χ0) is 14.1. The summed E-state index contributed by atoms with van der Waals surface area (Å²) in [4.78, 5) is 2.52. The van der Waals surface area contributed by atoms with Crippen LogP contribution in [0.1, 0.15) is 66.2 Å². The van der Waals surface area contributed by atoms with E-state index in [1.54, 1.807) is 0 Å². The van der Waals surface area contributed by atoms with Gasteiger partial charge in [0.1, 0.15) is 0 Å². The minimum absolute atomic E-state index is 0.628. The van der Waals surface area contributed by atoms with Crippen LogP contribution < -0.4 is 5.32 Å². The molecule has 0 aromatic rings. The van der Waals surface area contributed by atoms with Crippen molar-refractivity contribution in [2.75, 3.05) is 32.7 Å². The minimum Gasteiger partial charge on any atom is -0.316 e. The molecule has 2 heteroatoms. The predicted octanol–water partition coefficient (Wildman–Crippen LogP) is 3.91. The van der Waals surface area contributed by atoms with Crippen molar-refractivity contribution in [1.29, 1.82) is 0 Å². The molecule has 0 radical (unpaired) electrons. The monoisotopic (exact) mass is 268 g/mol. The van der Waals surface area contributed by atoms with Crippen molar-refractivity contribution in [3.05, 3.63) is 0 Å². The number of hydrogen-bond acceptors (Lipinski definition) is 2. The topological polar surface area (TPSA) is 15.3 Å². The van der Waals surface area contributed by atoms with E-state index in [1.165, 1.54) is 71.2 Å². The number of rotatable bonds is 10. The molecule has 0 atom stereocenters. The fourth-order valence-corrected chi connectivity index (χ4v) is 3.77.